The monoisotopic (exact) mass is 348 g/mol. The molecule has 4 nitrogen and oxygen atoms in total. The Bertz CT molecular complexity index is 801. The lowest BCUT2D eigenvalue weighted by atomic mass is 10.1. The van der Waals surface area contributed by atoms with Gasteiger partial charge in [0.1, 0.15) is 5.75 Å². The Morgan fingerprint density at radius 3 is 2.57 bits per heavy atom. The lowest BCUT2D eigenvalue weighted by Gasteiger charge is -2.05. The number of nitrogens with zero attached hydrogens (tertiary/aromatic N) is 2. The summed E-state index contributed by atoms with van der Waals surface area (Å²) in [6.07, 6.45) is 0.994. The number of hydrogen-bond acceptors (Lipinski definition) is 4. The fourth-order valence-corrected chi connectivity index (χ4v) is 2.52. The molecule has 0 spiro atoms. The quantitative estimate of drug-likeness (QED) is 0.636. The van der Waals surface area contributed by atoms with Crippen molar-refractivity contribution in [2.75, 3.05) is 0 Å². The summed E-state index contributed by atoms with van der Waals surface area (Å²) in [4.78, 5) is 4.33. The minimum absolute atomic E-state index is 0.140. The van der Waals surface area contributed by atoms with E-state index < -0.39 is 0 Å². The Hall–Kier alpha value is -2.04. The predicted molar refractivity (Wildman–Crippen MR) is 89.9 cm³/mol. The molecule has 23 heavy (non-hydrogen) atoms. The summed E-state index contributed by atoms with van der Waals surface area (Å²) in [6, 6.07) is 13.1. The van der Waals surface area contributed by atoms with E-state index in [4.69, 9.17) is 32.5 Å². The van der Waals surface area contributed by atoms with Gasteiger partial charge in [0.05, 0.1) is 5.02 Å². The second-order valence-electron chi connectivity index (χ2n) is 4.93. The second-order valence-corrected chi connectivity index (χ2v) is 5.77. The van der Waals surface area contributed by atoms with Crippen molar-refractivity contribution in [1.82, 2.24) is 10.1 Å². The van der Waals surface area contributed by atoms with E-state index in [9.17, 15) is 0 Å². The summed E-state index contributed by atoms with van der Waals surface area (Å²) in [7, 11) is 0. The first kappa shape index (κ1) is 15.8. The summed E-state index contributed by atoms with van der Waals surface area (Å²) in [5.41, 5.74) is 2.17. The van der Waals surface area contributed by atoms with Crippen LogP contribution in [0, 0.1) is 0 Å². The minimum Gasteiger partial charge on any atom is -0.482 e. The molecular weight excluding hydrogens is 335 g/mol. The first-order valence-electron chi connectivity index (χ1n) is 7.15. The van der Waals surface area contributed by atoms with E-state index in [1.165, 1.54) is 5.56 Å². The maximum atomic E-state index is 6.05. The Balaban J connectivity index is 1.69. The standard InChI is InChI=1S/C17H14Cl2N2O2/c1-2-11-3-5-12(6-4-11)17-20-16(23-21-17)10-22-15-8-7-13(18)9-14(15)19/h3-9H,2,10H2,1H3. The molecule has 0 bridgehead atoms. The molecule has 0 fully saturated rings. The molecule has 2 aromatic carbocycles. The van der Waals surface area contributed by atoms with Crippen LogP contribution in [0.2, 0.25) is 10.0 Å². The smallest absolute Gasteiger partial charge is 0.264 e. The van der Waals surface area contributed by atoms with E-state index in [-0.39, 0.29) is 6.61 Å². The summed E-state index contributed by atoms with van der Waals surface area (Å²) in [6.45, 7) is 2.25. The topological polar surface area (TPSA) is 48.2 Å². The third-order valence-corrected chi connectivity index (χ3v) is 3.86. The first-order chi connectivity index (χ1) is 11.2. The summed E-state index contributed by atoms with van der Waals surface area (Å²) >= 11 is 11.9. The van der Waals surface area contributed by atoms with Crippen LogP contribution in [0.4, 0.5) is 0 Å². The zero-order valence-corrected chi connectivity index (χ0v) is 13.9. The first-order valence-corrected chi connectivity index (χ1v) is 7.91. The predicted octanol–water partition coefficient (Wildman–Crippen LogP) is 5.18. The van der Waals surface area contributed by atoms with Gasteiger partial charge >= 0.3 is 0 Å². The lowest BCUT2D eigenvalue weighted by molar-refractivity contribution is 0.243. The normalized spacial score (nSPS) is 10.7. The molecule has 0 N–H and O–H groups in total. The van der Waals surface area contributed by atoms with Crippen molar-refractivity contribution in [2.24, 2.45) is 0 Å². The largest absolute Gasteiger partial charge is 0.482 e. The van der Waals surface area contributed by atoms with E-state index in [0.717, 1.165) is 12.0 Å². The third kappa shape index (κ3) is 3.84. The van der Waals surface area contributed by atoms with Crippen LogP contribution >= 0.6 is 23.2 Å². The van der Waals surface area contributed by atoms with Gasteiger partial charge in [-0.15, -0.1) is 0 Å². The Morgan fingerprint density at radius 1 is 1.09 bits per heavy atom. The van der Waals surface area contributed by atoms with Gasteiger partial charge in [-0.25, -0.2) is 0 Å². The minimum atomic E-state index is 0.140. The van der Waals surface area contributed by atoms with Gasteiger partial charge in [-0.1, -0.05) is 59.5 Å². The van der Waals surface area contributed by atoms with Crippen molar-refractivity contribution in [2.45, 2.75) is 20.0 Å². The number of rotatable bonds is 5. The summed E-state index contributed by atoms with van der Waals surface area (Å²) < 4.78 is 10.8. The lowest BCUT2D eigenvalue weighted by Crippen LogP contribution is -1.96. The number of halogens is 2. The molecule has 0 saturated heterocycles. The number of aryl methyl sites for hydroxylation is 1. The molecule has 1 aromatic heterocycles. The van der Waals surface area contributed by atoms with Gasteiger partial charge < -0.3 is 9.26 Å². The average Bonchev–Trinajstić information content (AvgIpc) is 3.03. The number of aromatic nitrogens is 2. The molecule has 1 heterocycles. The zero-order valence-electron chi connectivity index (χ0n) is 12.4. The highest BCUT2D eigenvalue weighted by atomic mass is 35.5. The van der Waals surface area contributed by atoms with Crippen molar-refractivity contribution in [1.29, 1.82) is 0 Å². The molecule has 118 valence electrons. The van der Waals surface area contributed by atoms with Crippen molar-refractivity contribution in [3.05, 3.63) is 64.0 Å². The van der Waals surface area contributed by atoms with Gasteiger partial charge in [-0.2, -0.15) is 4.98 Å². The van der Waals surface area contributed by atoms with Gasteiger partial charge in [-0.05, 0) is 30.2 Å². The maximum Gasteiger partial charge on any atom is 0.264 e. The van der Waals surface area contributed by atoms with Gasteiger partial charge in [0.15, 0.2) is 6.61 Å². The highest BCUT2D eigenvalue weighted by Crippen LogP contribution is 2.28. The van der Waals surface area contributed by atoms with Crippen LogP contribution in [0.3, 0.4) is 0 Å². The molecule has 0 aliphatic carbocycles. The molecule has 0 radical (unpaired) electrons. The Morgan fingerprint density at radius 2 is 1.87 bits per heavy atom. The number of benzene rings is 2. The fraction of sp³-hybridized carbons (Fsp3) is 0.176. The zero-order chi connectivity index (χ0) is 16.2. The molecule has 0 unspecified atom stereocenters. The molecule has 0 aliphatic rings. The van der Waals surface area contributed by atoms with Gasteiger partial charge in [0, 0.05) is 10.6 Å². The van der Waals surface area contributed by atoms with Crippen molar-refractivity contribution in [3.8, 4) is 17.1 Å². The molecule has 3 aromatic rings. The van der Waals surface area contributed by atoms with Crippen LogP contribution in [-0.4, -0.2) is 10.1 Å². The van der Waals surface area contributed by atoms with Gasteiger partial charge in [0.2, 0.25) is 5.82 Å². The van der Waals surface area contributed by atoms with Crippen LogP contribution in [0.25, 0.3) is 11.4 Å². The molecule has 0 saturated carbocycles. The number of ether oxygens (including phenoxy) is 1. The van der Waals surface area contributed by atoms with E-state index in [0.29, 0.717) is 27.5 Å². The van der Waals surface area contributed by atoms with Crippen molar-refractivity contribution in [3.63, 3.8) is 0 Å². The molecular formula is C17H14Cl2N2O2. The van der Waals surface area contributed by atoms with E-state index >= 15 is 0 Å². The van der Waals surface area contributed by atoms with E-state index in [1.54, 1.807) is 18.2 Å². The molecule has 0 atom stereocenters. The average molecular weight is 349 g/mol. The van der Waals surface area contributed by atoms with Crippen LogP contribution in [-0.2, 0) is 13.0 Å². The molecule has 6 heteroatoms. The van der Waals surface area contributed by atoms with E-state index in [1.807, 2.05) is 12.1 Å². The second kappa shape index (κ2) is 7.02. The van der Waals surface area contributed by atoms with Crippen LogP contribution in [0.15, 0.2) is 47.0 Å². The summed E-state index contributed by atoms with van der Waals surface area (Å²) in [5.74, 6) is 1.43. The van der Waals surface area contributed by atoms with Crippen LogP contribution < -0.4 is 4.74 Å². The van der Waals surface area contributed by atoms with Crippen LogP contribution in [0.1, 0.15) is 18.4 Å². The Labute approximate surface area is 144 Å². The highest BCUT2D eigenvalue weighted by molar-refractivity contribution is 6.35. The van der Waals surface area contributed by atoms with Crippen LogP contribution in [0.5, 0.6) is 5.75 Å². The van der Waals surface area contributed by atoms with E-state index in [2.05, 4.69) is 29.2 Å². The molecule has 0 amide bonds. The number of hydrogen-bond donors (Lipinski definition) is 0. The third-order valence-electron chi connectivity index (χ3n) is 3.33. The fourth-order valence-electron chi connectivity index (χ4n) is 2.05. The maximum absolute atomic E-state index is 6.05. The molecule has 3 rings (SSSR count). The Kier molecular flexibility index (Phi) is 4.84. The van der Waals surface area contributed by atoms with Crippen molar-refractivity contribution >= 4 is 23.2 Å². The van der Waals surface area contributed by atoms with Gasteiger partial charge in [0.25, 0.3) is 5.89 Å². The summed E-state index contributed by atoms with van der Waals surface area (Å²) in [5, 5.41) is 4.96. The highest BCUT2D eigenvalue weighted by Gasteiger charge is 2.10. The molecule has 0 aliphatic heterocycles. The SMILES string of the molecule is CCc1ccc(-c2noc(COc3ccc(Cl)cc3Cl)n2)cc1. The van der Waals surface area contributed by atoms with Gasteiger partial charge in [-0.3, -0.25) is 0 Å². The van der Waals surface area contributed by atoms with Crippen molar-refractivity contribution < 1.29 is 9.26 Å².